The molecule has 0 aromatic rings. The molecule has 10 heavy (non-hydrogen) atoms. The maximum atomic E-state index is 10.5. The Balaban J connectivity index is 3.99. The highest BCUT2D eigenvalue weighted by Gasteiger charge is 2.13. The van der Waals surface area contributed by atoms with Gasteiger partial charge in [0.2, 0.25) is 10.0 Å². The minimum absolute atomic E-state index is 0.139. The second-order valence-corrected chi connectivity index (χ2v) is 4.55. The van der Waals surface area contributed by atoms with Crippen LogP contribution in [0.3, 0.4) is 0 Å². The van der Waals surface area contributed by atoms with Crippen LogP contribution in [0, 0.1) is 5.92 Å². The highest BCUT2D eigenvalue weighted by Crippen LogP contribution is 1.99. The molecule has 0 rings (SSSR count). The third kappa shape index (κ3) is 3.81. The van der Waals surface area contributed by atoms with Crippen molar-refractivity contribution >= 4 is 10.0 Å². The first-order valence-corrected chi connectivity index (χ1v) is 4.85. The average molecular weight is 167 g/mol. The second-order valence-electron chi connectivity index (χ2n) is 2.66. The maximum absolute atomic E-state index is 10.5. The van der Waals surface area contributed by atoms with Crippen LogP contribution < -0.4 is 0 Å². The second kappa shape index (κ2) is 3.32. The van der Waals surface area contributed by atoms with Gasteiger partial charge in [-0.25, -0.2) is 8.42 Å². The average Bonchev–Trinajstić information content (AvgIpc) is 1.60. The van der Waals surface area contributed by atoms with Crippen molar-refractivity contribution in [1.82, 2.24) is 4.47 Å². The van der Waals surface area contributed by atoms with E-state index in [4.69, 9.17) is 5.21 Å². The third-order valence-corrected chi connectivity index (χ3v) is 1.82. The topological polar surface area (TPSA) is 57.6 Å². The zero-order chi connectivity index (χ0) is 8.36. The molecular weight excluding hydrogens is 154 g/mol. The monoisotopic (exact) mass is 167 g/mol. The van der Waals surface area contributed by atoms with Crippen LogP contribution in [0.15, 0.2) is 0 Å². The van der Waals surface area contributed by atoms with Crippen molar-refractivity contribution in [2.75, 3.05) is 12.8 Å². The van der Waals surface area contributed by atoms with Crippen LogP contribution in [0.4, 0.5) is 0 Å². The van der Waals surface area contributed by atoms with E-state index in [2.05, 4.69) is 0 Å². The summed E-state index contributed by atoms with van der Waals surface area (Å²) in [5.41, 5.74) is 0. The number of hydroxylamine groups is 1. The smallest absolute Gasteiger partial charge is 0.232 e. The van der Waals surface area contributed by atoms with E-state index in [-0.39, 0.29) is 12.5 Å². The number of rotatable bonds is 3. The first-order valence-electron chi connectivity index (χ1n) is 3.00. The largest absolute Gasteiger partial charge is 0.299 e. The quantitative estimate of drug-likeness (QED) is 0.615. The standard InChI is InChI=1S/C5H13NO3S/c1-5(2)4-6(7)10(3,8)9/h5,7H,4H2,1-3H3. The third-order valence-electron chi connectivity index (χ3n) is 0.904. The molecule has 0 amide bonds. The Bertz CT molecular complexity index is 185. The van der Waals surface area contributed by atoms with Gasteiger partial charge in [-0.3, -0.25) is 5.21 Å². The molecule has 0 aliphatic carbocycles. The fourth-order valence-corrected chi connectivity index (χ4v) is 1.02. The van der Waals surface area contributed by atoms with Gasteiger partial charge in [0.1, 0.15) is 0 Å². The lowest BCUT2D eigenvalue weighted by Gasteiger charge is -2.13. The summed E-state index contributed by atoms with van der Waals surface area (Å²) in [4.78, 5) is 0. The highest BCUT2D eigenvalue weighted by atomic mass is 32.2. The molecule has 0 spiro atoms. The SMILES string of the molecule is CC(C)CN(O)S(C)(=O)=O. The van der Waals surface area contributed by atoms with Crippen LogP contribution in [0.25, 0.3) is 0 Å². The first kappa shape index (κ1) is 9.87. The van der Waals surface area contributed by atoms with E-state index in [9.17, 15) is 8.42 Å². The van der Waals surface area contributed by atoms with Gasteiger partial charge in [-0.05, 0) is 5.92 Å². The molecular formula is C5H13NO3S. The molecule has 0 radical (unpaired) electrons. The lowest BCUT2D eigenvalue weighted by Crippen LogP contribution is -2.29. The van der Waals surface area contributed by atoms with Gasteiger partial charge in [0.25, 0.3) is 0 Å². The van der Waals surface area contributed by atoms with Gasteiger partial charge < -0.3 is 0 Å². The Morgan fingerprint density at radius 2 is 1.90 bits per heavy atom. The molecule has 0 atom stereocenters. The zero-order valence-electron chi connectivity index (χ0n) is 6.40. The normalized spacial score (nSPS) is 13.0. The summed E-state index contributed by atoms with van der Waals surface area (Å²) in [6, 6.07) is 0. The van der Waals surface area contributed by atoms with Gasteiger partial charge in [-0.2, -0.15) is 0 Å². The van der Waals surface area contributed by atoms with E-state index in [0.717, 1.165) is 6.26 Å². The van der Waals surface area contributed by atoms with Crippen molar-refractivity contribution in [2.24, 2.45) is 5.92 Å². The van der Waals surface area contributed by atoms with Crippen molar-refractivity contribution in [1.29, 1.82) is 0 Å². The fourth-order valence-electron chi connectivity index (χ4n) is 0.448. The summed E-state index contributed by atoms with van der Waals surface area (Å²) in [6.45, 7) is 3.81. The van der Waals surface area contributed by atoms with Gasteiger partial charge in [-0.1, -0.05) is 18.3 Å². The Labute approximate surface area is 61.5 Å². The summed E-state index contributed by atoms with van der Waals surface area (Å²) in [5.74, 6) is 0.139. The van der Waals surface area contributed by atoms with Crippen LogP contribution in [-0.2, 0) is 10.0 Å². The predicted molar refractivity (Wildman–Crippen MR) is 38.2 cm³/mol. The summed E-state index contributed by atoms with van der Waals surface area (Å²) in [5, 5.41) is 8.80. The number of hydrogen-bond acceptors (Lipinski definition) is 3. The van der Waals surface area contributed by atoms with E-state index in [0.29, 0.717) is 4.47 Å². The number of hydrogen-bond donors (Lipinski definition) is 1. The number of nitrogens with zero attached hydrogens (tertiary/aromatic N) is 1. The zero-order valence-corrected chi connectivity index (χ0v) is 7.22. The van der Waals surface area contributed by atoms with Crippen molar-refractivity contribution in [3.05, 3.63) is 0 Å². The fraction of sp³-hybridized carbons (Fsp3) is 1.00. The van der Waals surface area contributed by atoms with E-state index in [1.54, 1.807) is 0 Å². The molecule has 0 bridgehead atoms. The molecule has 0 fully saturated rings. The molecule has 0 saturated heterocycles. The minimum atomic E-state index is -3.41. The molecule has 4 nitrogen and oxygen atoms in total. The Kier molecular flexibility index (Phi) is 3.27. The van der Waals surface area contributed by atoms with Crippen molar-refractivity contribution in [3.63, 3.8) is 0 Å². The van der Waals surface area contributed by atoms with E-state index < -0.39 is 10.0 Å². The molecule has 0 aliphatic rings. The van der Waals surface area contributed by atoms with Crippen LogP contribution in [-0.4, -0.2) is 30.9 Å². The molecule has 0 heterocycles. The van der Waals surface area contributed by atoms with Crippen LogP contribution >= 0.6 is 0 Å². The minimum Gasteiger partial charge on any atom is -0.299 e. The molecule has 1 N–H and O–H groups in total. The lowest BCUT2D eigenvalue weighted by atomic mass is 10.2. The molecule has 0 unspecified atom stereocenters. The molecule has 0 aromatic carbocycles. The lowest BCUT2D eigenvalue weighted by molar-refractivity contribution is -0.00536. The van der Waals surface area contributed by atoms with Crippen molar-refractivity contribution in [2.45, 2.75) is 13.8 Å². The first-order chi connectivity index (χ1) is 4.34. The summed E-state index contributed by atoms with van der Waals surface area (Å²) in [6.07, 6.45) is 0.968. The molecule has 62 valence electrons. The van der Waals surface area contributed by atoms with Gasteiger partial charge in [0.15, 0.2) is 0 Å². The van der Waals surface area contributed by atoms with Gasteiger partial charge in [-0.15, -0.1) is 0 Å². The predicted octanol–water partition coefficient (Wildman–Crippen LogP) is 0.293. The van der Waals surface area contributed by atoms with E-state index >= 15 is 0 Å². The molecule has 0 saturated carbocycles. The summed E-state index contributed by atoms with van der Waals surface area (Å²) < 4.78 is 21.4. The summed E-state index contributed by atoms with van der Waals surface area (Å²) >= 11 is 0. The number of sulfonamides is 1. The van der Waals surface area contributed by atoms with Crippen molar-refractivity contribution < 1.29 is 13.6 Å². The maximum Gasteiger partial charge on any atom is 0.232 e. The van der Waals surface area contributed by atoms with Gasteiger partial charge in [0.05, 0.1) is 6.26 Å². The van der Waals surface area contributed by atoms with Crippen molar-refractivity contribution in [3.8, 4) is 0 Å². The van der Waals surface area contributed by atoms with Crippen LogP contribution in [0.5, 0.6) is 0 Å². The van der Waals surface area contributed by atoms with E-state index in [1.165, 1.54) is 0 Å². The summed E-state index contributed by atoms with van der Waals surface area (Å²) in [7, 11) is -3.41. The van der Waals surface area contributed by atoms with Gasteiger partial charge >= 0.3 is 0 Å². The molecule has 0 aromatic heterocycles. The Hall–Kier alpha value is -0.130. The Morgan fingerprint density at radius 3 is 2.00 bits per heavy atom. The van der Waals surface area contributed by atoms with Crippen LogP contribution in [0.1, 0.15) is 13.8 Å². The molecule has 5 heteroatoms. The highest BCUT2D eigenvalue weighted by molar-refractivity contribution is 7.88. The Morgan fingerprint density at radius 1 is 1.50 bits per heavy atom. The molecule has 0 aliphatic heterocycles. The van der Waals surface area contributed by atoms with Crippen LogP contribution in [0.2, 0.25) is 0 Å². The van der Waals surface area contributed by atoms with E-state index in [1.807, 2.05) is 13.8 Å². The van der Waals surface area contributed by atoms with Gasteiger partial charge in [0, 0.05) is 6.54 Å².